The molecule has 0 radical (unpaired) electrons. The molecule has 0 amide bonds. The van der Waals surface area contributed by atoms with E-state index in [9.17, 15) is 0 Å². The largest absolute Gasteiger partial charge is 0.369 e. The lowest BCUT2D eigenvalue weighted by Gasteiger charge is -2.27. The maximum Gasteiger partial charge on any atom is 0.0426 e. The molecule has 2 N–H and O–H groups in total. The summed E-state index contributed by atoms with van der Waals surface area (Å²) in [5.74, 6) is 0. The van der Waals surface area contributed by atoms with E-state index < -0.39 is 0 Å². The first-order valence-electron chi connectivity index (χ1n) is 6.92. The summed E-state index contributed by atoms with van der Waals surface area (Å²) in [4.78, 5) is 2.48. The number of benzene rings is 1. The first-order chi connectivity index (χ1) is 8.61. The van der Waals surface area contributed by atoms with Gasteiger partial charge in [0.25, 0.3) is 0 Å². The highest BCUT2D eigenvalue weighted by atomic mass is 35.5. The Balaban J connectivity index is 2.28. The van der Waals surface area contributed by atoms with Crippen molar-refractivity contribution in [2.75, 3.05) is 11.4 Å². The average Bonchev–Trinajstić information content (AvgIpc) is 2.77. The smallest absolute Gasteiger partial charge is 0.0426 e. The topological polar surface area (TPSA) is 29.3 Å². The van der Waals surface area contributed by atoms with Crippen LogP contribution in [-0.2, 0) is 6.42 Å². The molecule has 18 heavy (non-hydrogen) atoms. The molecule has 2 nitrogen and oxygen atoms in total. The molecule has 1 heterocycles. The molecular weight excluding hydrogens is 244 g/mol. The summed E-state index contributed by atoms with van der Waals surface area (Å²) in [6.45, 7) is 5.56. The summed E-state index contributed by atoms with van der Waals surface area (Å²) in [5, 5.41) is 0.818. The van der Waals surface area contributed by atoms with Crippen molar-refractivity contribution >= 4 is 17.3 Å². The first-order valence-corrected chi connectivity index (χ1v) is 7.30. The third-order valence-electron chi connectivity index (χ3n) is 3.92. The minimum atomic E-state index is 0.239. The van der Waals surface area contributed by atoms with Gasteiger partial charge < -0.3 is 10.6 Å². The van der Waals surface area contributed by atoms with Crippen LogP contribution in [0.15, 0.2) is 18.2 Å². The fraction of sp³-hybridized carbons (Fsp3) is 0.600. The Morgan fingerprint density at radius 1 is 1.50 bits per heavy atom. The minimum Gasteiger partial charge on any atom is -0.369 e. The van der Waals surface area contributed by atoms with E-state index in [0.29, 0.717) is 6.04 Å². The van der Waals surface area contributed by atoms with Gasteiger partial charge in [0.05, 0.1) is 0 Å². The predicted octanol–water partition coefficient (Wildman–Crippen LogP) is 3.61. The van der Waals surface area contributed by atoms with Crippen molar-refractivity contribution in [3.63, 3.8) is 0 Å². The van der Waals surface area contributed by atoms with Crippen molar-refractivity contribution < 1.29 is 0 Å². The van der Waals surface area contributed by atoms with Crippen LogP contribution in [0, 0.1) is 0 Å². The highest BCUT2D eigenvalue weighted by molar-refractivity contribution is 6.30. The van der Waals surface area contributed by atoms with Crippen molar-refractivity contribution in [1.29, 1.82) is 0 Å². The van der Waals surface area contributed by atoms with Gasteiger partial charge in [0.1, 0.15) is 0 Å². The molecule has 1 aromatic carbocycles. The van der Waals surface area contributed by atoms with Crippen LogP contribution in [0.2, 0.25) is 5.02 Å². The molecule has 0 saturated carbocycles. The first kappa shape index (κ1) is 13.7. The molecule has 100 valence electrons. The average molecular weight is 267 g/mol. The number of hydrogen-bond donors (Lipinski definition) is 1. The maximum absolute atomic E-state index is 6.16. The maximum atomic E-state index is 6.16. The molecular formula is C15H23ClN2. The zero-order chi connectivity index (χ0) is 13.1. The van der Waals surface area contributed by atoms with Crippen molar-refractivity contribution in [1.82, 2.24) is 0 Å². The molecule has 2 rings (SSSR count). The SMILES string of the molecule is CCC(N)Cc1ccc(Cl)cc1N1CCCC1C. The number of hydrogen-bond acceptors (Lipinski definition) is 2. The van der Waals surface area contributed by atoms with Gasteiger partial charge in [0.15, 0.2) is 0 Å². The van der Waals surface area contributed by atoms with Crippen LogP contribution in [0.1, 0.15) is 38.7 Å². The molecule has 0 bridgehead atoms. The Morgan fingerprint density at radius 2 is 2.28 bits per heavy atom. The zero-order valence-corrected chi connectivity index (χ0v) is 12.1. The summed E-state index contributed by atoms with van der Waals surface area (Å²) >= 11 is 6.16. The lowest BCUT2D eigenvalue weighted by Crippen LogP contribution is -2.29. The predicted molar refractivity (Wildman–Crippen MR) is 79.5 cm³/mol. The van der Waals surface area contributed by atoms with Crippen molar-refractivity contribution in [3.05, 3.63) is 28.8 Å². The van der Waals surface area contributed by atoms with Gasteiger partial charge in [0, 0.05) is 29.3 Å². The van der Waals surface area contributed by atoms with Crippen LogP contribution < -0.4 is 10.6 Å². The Hall–Kier alpha value is -0.730. The second-order valence-corrected chi connectivity index (χ2v) is 5.77. The monoisotopic (exact) mass is 266 g/mol. The van der Waals surface area contributed by atoms with E-state index >= 15 is 0 Å². The normalized spacial score (nSPS) is 21.3. The summed E-state index contributed by atoms with van der Waals surface area (Å²) in [6.07, 6.45) is 4.49. The quantitative estimate of drug-likeness (QED) is 0.902. The second kappa shape index (κ2) is 5.94. The van der Waals surface area contributed by atoms with Gasteiger partial charge >= 0.3 is 0 Å². The fourth-order valence-electron chi connectivity index (χ4n) is 2.69. The molecule has 1 aliphatic heterocycles. The van der Waals surface area contributed by atoms with Crippen LogP contribution in [0.3, 0.4) is 0 Å². The van der Waals surface area contributed by atoms with Gasteiger partial charge in [-0.15, -0.1) is 0 Å². The van der Waals surface area contributed by atoms with Gasteiger partial charge in [-0.3, -0.25) is 0 Å². The van der Waals surface area contributed by atoms with E-state index in [4.69, 9.17) is 17.3 Å². The lowest BCUT2D eigenvalue weighted by molar-refractivity contribution is 0.642. The van der Waals surface area contributed by atoms with E-state index in [-0.39, 0.29) is 6.04 Å². The summed E-state index contributed by atoms with van der Waals surface area (Å²) < 4.78 is 0. The van der Waals surface area contributed by atoms with Gasteiger partial charge in [0.2, 0.25) is 0 Å². The third kappa shape index (κ3) is 2.99. The molecule has 1 aromatic rings. The molecule has 1 aliphatic rings. The van der Waals surface area contributed by atoms with E-state index in [2.05, 4.69) is 30.9 Å². The van der Waals surface area contributed by atoms with Crippen molar-refractivity contribution in [3.8, 4) is 0 Å². The third-order valence-corrected chi connectivity index (χ3v) is 4.15. The molecule has 1 saturated heterocycles. The zero-order valence-electron chi connectivity index (χ0n) is 11.3. The van der Waals surface area contributed by atoms with E-state index in [1.54, 1.807) is 0 Å². The van der Waals surface area contributed by atoms with Crippen LogP contribution in [0.4, 0.5) is 5.69 Å². The van der Waals surface area contributed by atoms with Crippen molar-refractivity contribution in [2.45, 2.75) is 51.6 Å². The van der Waals surface area contributed by atoms with Crippen LogP contribution in [0.25, 0.3) is 0 Å². The Morgan fingerprint density at radius 3 is 2.89 bits per heavy atom. The Labute approximate surface area is 115 Å². The van der Waals surface area contributed by atoms with E-state index in [1.165, 1.54) is 24.1 Å². The molecule has 2 atom stereocenters. The van der Waals surface area contributed by atoms with Crippen LogP contribution in [-0.4, -0.2) is 18.6 Å². The molecule has 1 fully saturated rings. The molecule has 2 unspecified atom stereocenters. The Bertz CT molecular complexity index is 405. The number of nitrogens with two attached hydrogens (primary N) is 1. The van der Waals surface area contributed by atoms with Crippen LogP contribution in [0.5, 0.6) is 0 Å². The van der Waals surface area contributed by atoms with Gasteiger partial charge in [-0.05, 0) is 50.3 Å². The fourth-order valence-corrected chi connectivity index (χ4v) is 2.86. The Kier molecular flexibility index (Phi) is 4.52. The molecule has 0 spiro atoms. The number of rotatable bonds is 4. The highest BCUT2D eigenvalue weighted by Crippen LogP contribution is 2.31. The lowest BCUT2D eigenvalue weighted by atomic mass is 10.0. The number of anilines is 1. The number of halogens is 1. The van der Waals surface area contributed by atoms with Crippen LogP contribution >= 0.6 is 11.6 Å². The molecule has 0 aliphatic carbocycles. The number of nitrogens with zero attached hydrogens (tertiary/aromatic N) is 1. The summed E-state index contributed by atoms with van der Waals surface area (Å²) in [6, 6.07) is 7.06. The second-order valence-electron chi connectivity index (χ2n) is 5.33. The van der Waals surface area contributed by atoms with Crippen molar-refractivity contribution in [2.24, 2.45) is 5.73 Å². The van der Waals surface area contributed by atoms with Gasteiger partial charge in [-0.25, -0.2) is 0 Å². The van der Waals surface area contributed by atoms with Gasteiger partial charge in [-0.2, -0.15) is 0 Å². The van der Waals surface area contributed by atoms with Gasteiger partial charge in [-0.1, -0.05) is 24.6 Å². The minimum absolute atomic E-state index is 0.239. The molecule has 0 aromatic heterocycles. The standard InChI is InChI=1S/C15H23ClN2/c1-3-14(17)9-12-6-7-13(16)10-15(12)18-8-4-5-11(18)2/h6-7,10-11,14H,3-5,8-9,17H2,1-2H3. The summed E-state index contributed by atoms with van der Waals surface area (Å²) in [5.41, 5.74) is 8.72. The van der Waals surface area contributed by atoms with E-state index in [0.717, 1.165) is 24.4 Å². The highest BCUT2D eigenvalue weighted by Gasteiger charge is 2.23. The summed E-state index contributed by atoms with van der Waals surface area (Å²) in [7, 11) is 0. The molecule has 3 heteroatoms. The van der Waals surface area contributed by atoms with E-state index in [1.807, 2.05) is 6.07 Å².